The molecule has 1 aliphatic rings. The molecule has 2 aromatic rings. The Labute approximate surface area is 188 Å². The second-order valence-corrected chi connectivity index (χ2v) is 9.09. The summed E-state index contributed by atoms with van der Waals surface area (Å²) >= 11 is 3.27. The minimum Gasteiger partial charge on any atom is -0.465 e. The number of fused-ring (bicyclic) bond motifs is 1. The van der Waals surface area contributed by atoms with Gasteiger partial charge in [-0.25, -0.2) is 14.6 Å². The summed E-state index contributed by atoms with van der Waals surface area (Å²) in [6.45, 7) is 5.93. The van der Waals surface area contributed by atoms with Crippen molar-refractivity contribution in [2.75, 3.05) is 7.11 Å². The number of nitrogens with one attached hydrogen (secondary N) is 1. The topological polar surface area (TPSA) is 112 Å². The lowest BCUT2D eigenvalue weighted by Gasteiger charge is -2.20. The Morgan fingerprint density at radius 1 is 1.23 bits per heavy atom. The number of hydrogen-bond acceptors (Lipinski definition) is 7. The van der Waals surface area contributed by atoms with Crippen LogP contribution in [0.2, 0.25) is 0 Å². The van der Waals surface area contributed by atoms with E-state index in [-0.39, 0.29) is 17.8 Å². The minimum absolute atomic E-state index is 0.00519. The molecule has 0 saturated carbocycles. The second kappa shape index (κ2) is 9.17. The molecular formula is C21H25BrN4O5. The monoisotopic (exact) mass is 492 g/mol. The van der Waals surface area contributed by atoms with E-state index in [9.17, 15) is 14.4 Å². The normalized spacial score (nSPS) is 13.3. The maximum Gasteiger partial charge on any atom is 0.341 e. The molecular weight excluding hydrogens is 468 g/mol. The van der Waals surface area contributed by atoms with Crippen molar-refractivity contribution in [2.45, 2.75) is 58.7 Å². The van der Waals surface area contributed by atoms with Crippen LogP contribution >= 0.6 is 15.9 Å². The summed E-state index contributed by atoms with van der Waals surface area (Å²) in [5, 5.41) is 7.20. The summed E-state index contributed by atoms with van der Waals surface area (Å²) in [5.74, 6) is -1.71. The highest BCUT2D eigenvalue weighted by Crippen LogP contribution is 2.23. The van der Waals surface area contributed by atoms with Crippen molar-refractivity contribution in [1.82, 2.24) is 20.1 Å². The van der Waals surface area contributed by atoms with E-state index in [1.165, 1.54) is 19.4 Å². The number of amides is 1. The van der Waals surface area contributed by atoms with E-state index < -0.39 is 23.4 Å². The van der Waals surface area contributed by atoms with Gasteiger partial charge < -0.3 is 14.8 Å². The Balaban J connectivity index is 1.84. The number of halogens is 1. The summed E-state index contributed by atoms with van der Waals surface area (Å²) in [5.41, 5.74) is 0.878. The smallest absolute Gasteiger partial charge is 0.341 e. The zero-order chi connectivity index (χ0) is 22.8. The predicted molar refractivity (Wildman–Crippen MR) is 115 cm³/mol. The molecule has 1 amide bonds. The Morgan fingerprint density at radius 3 is 2.65 bits per heavy atom. The number of aryl methyl sites for hydroxylation is 1. The summed E-state index contributed by atoms with van der Waals surface area (Å²) in [4.78, 5) is 41.9. The number of aromatic nitrogens is 3. The SMILES string of the molecule is COC(=O)c1c(CNC(=O)c2ncc(Br)cc2C(=O)OC(C)(C)C)nn2c1CCCC2. The van der Waals surface area contributed by atoms with Crippen LogP contribution in [0.4, 0.5) is 0 Å². The van der Waals surface area contributed by atoms with E-state index >= 15 is 0 Å². The van der Waals surface area contributed by atoms with Crippen molar-refractivity contribution in [3.8, 4) is 0 Å². The van der Waals surface area contributed by atoms with Crippen LogP contribution in [0.1, 0.15) is 76.2 Å². The van der Waals surface area contributed by atoms with Crippen LogP contribution in [0.25, 0.3) is 0 Å². The third-order valence-corrected chi connectivity index (χ3v) is 5.09. The van der Waals surface area contributed by atoms with Crippen molar-refractivity contribution in [3.05, 3.63) is 44.9 Å². The number of methoxy groups -OCH3 is 1. The van der Waals surface area contributed by atoms with Crippen LogP contribution in [0.3, 0.4) is 0 Å². The summed E-state index contributed by atoms with van der Waals surface area (Å²) in [7, 11) is 1.32. The van der Waals surface area contributed by atoms with Crippen molar-refractivity contribution in [1.29, 1.82) is 0 Å². The van der Waals surface area contributed by atoms with Crippen molar-refractivity contribution in [2.24, 2.45) is 0 Å². The third-order valence-electron chi connectivity index (χ3n) is 4.66. The average molecular weight is 493 g/mol. The van der Waals surface area contributed by atoms with E-state index in [2.05, 4.69) is 31.3 Å². The average Bonchev–Trinajstić information content (AvgIpc) is 3.08. The van der Waals surface area contributed by atoms with Gasteiger partial charge in [-0.3, -0.25) is 9.48 Å². The van der Waals surface area contributed by atoms with E-state index in [0.717, 1.165) is 25.0 Å². The molecule has 0 radical (unpaired) electrons. The fourth-order valence-corrected chi connectivity index (χ4v) is 3.69. The summed E-state index contributed by atoms with van der Waals surface area (Å²) in [6, 6.07) is 1.49. The largest absolute Gasteiger partial charge is 0.465 e. The van der Waals surface area contributed by atoms with Gasteiger partial charge in [0, 0.05) is 17.2 Å². The lowest BCUT2D eigenvalue weighted by atomic mass is 10.0. The molecule has 9 nitrogen and oxygen atoms in total. The maximum absolute atomic E-state index is 12.9. The van der Waals surface area contributed by atoms with Crippen LogP contribution < -0.4 is 5.32 Å². The first kappa shape index (κ1) is 22.9. The molecule has 0 aliphatic carbocycles. The molecule has 166 valence electrons. The number of rotatable bonds is 5. The number of hydrogen-bond donors (Lipinski definition) is 1. The van der Waals surface area contributed by atoms with Gasteiger partial charge in [-0.2, -0.15) is 5.10 Å². The van der Waals surface area contributed by atoms with E-state index in [0.29, 0.717) is 22.3 Å². The number of pyridine rings is 1. The molecule has 3 heterocycles. The molecule has 0 unspecified atom stereocenters. The molecule has 1 N–H and O–H groups in total. The van der Waals surface area contributed by atoms with Crippen LogP contribution in [-0.4, -0.2) is 45.3 Å². The van der Waals surface area contributed by atoms with Gasteiger partial charge in [-0.15, -0.1) is 0 Å². The van der Waals surface area contributed by atoms with E-state index in [1.54, 1.807) is 25.5 Å². The first-order chi connectivity index (χ1) is 14.6. The highest BCUT2D eigenvalue weighted by molar-refractivity contribution is 9.10. The standard InChI is InChI=1S/C21H25BrN4O5/c1-21(2,3)31-19(28)13-9-12(22)10-23-17(13)18(27)24-11-14-16(20(29)30-4)15-7-5-6-8-26(15)25-14/h9-10H,5-8,11H2,1-4H3,(H,24,27). The van der Waals surface area contributed by atoms with Crippen molar-refractivity contribution < 1.29 is 23.9 Å². The molecule has 3 rings (SSSR count). The third kappa shape index (κ3) is 5.30. The molecule has 0 spiro atoms. The van der Waals surface area contributed by atoms with Gasteiger partial charge in [0.1, 0.15) is 16.9 Å². The number of carbonyl (C=O) groups excluding carboxylic acids is 3. The quantitative estimate of drug-likeness (QED) is 0.638. The van der Waals surface area contributed by atoms with Crippen LogP contribution in [0.15, 0.2) is 16.7 Å². The van der Waals surface area contributed by atoms with E-state index in [1.807, 2.05) is 0 Å². The minimum atomic E-state index is -0.724. The summed E-state index contributed by atoms with van der Waals surface area (Å²) in [6.07, 6.45) is 4.09. The fourth-order valence-electron chi connectivity index (χ4n) is 3.36. The molecule has 0 bridgehead atoms. The van der Waals surface area contributed by atoms with Gasteiger partial charge in [0.2, 0.25) is 0 Å². The molecule has 0 saturated heterocycles. The first-order valence-electron chi connectivity index (χ1n) is 9.94. The highest BCUT2D eigenvalue weighted by Gasteiger charge is 2.28. The molecule has 0 aromatic carbocycles. The van der Waals surface area contributed by atoms with Crippen LogP contribution in [0.5, 0.6) is 0 Å². The lowest BCUT2D eigenvalue weighted by molar-refractivity contribution is 0.00667. The molecule has 0 atom stereocenters. The molecule has 1 aliphatic heterocycles. The predicted octanol–water partition coefficient (Wildman–Crippen LogP) is 3.05. The molecule has 2 aromatic heterocycles. The fraction of sp³-hybridized carbons (Fsp3) is 0.476. The van der Waals surface area contributed by atoms with Gasteiger partial charge in [-0.05, 0) is 62.0 Å². The summed E-state index contributed by atoms with van der Waals surface area (Å²) < 4.78 is 12.6. The number of esters is 2. The number of ether oxygens (including phenoxy) is 2. The van der Waals surface area contributed by atoms with Crippen LogP contribution in [0, 0.1) is 0 Å². The number of nitrogens with zero attached hydrogens (tertiary/aromatic N) is 3. The first-order valence-corrected chi connectivity index (χ1v) is 10.7. The molecule has 10 heteroatoms. The maximum atomic E-state index is 12.9. The Morgan fingerprint density at radius 2 is 1.97 bits per heavy atom. The Hall–Kier alpha value is -2.75. The zero-order valence-electron chi connectivity index (χ0n) is 18.0. The van der Waals surface area contributed by atoms with Gasteiger partial charge in [0.05, 0.1) is 30.6 Å². The highest BCUT2D eigenvalue weighted by atomic mass is 79.9. The lowest BCUT2D eigenvalue weighted by Crippen LogP contribution is -2.29. The van der Waals surface area contributed by atoms with Gasteiger partial charge in [0.25, 0.3) is 5.91 Å². The van der Waals surface area contributed by atoms with Gasteiger partial charge in [-0.1, -0.05) is 0 Å². The van der Waals surface area contributed by atoms with E-state index in [4.69, 9.17) is 9.47 Å². The zero-order valence-corrected chi connectivity index (χ0v) is 19.5. The Kier molecular flexibility index (Phi) is 6.78. The van der Waals surface area contributed by atoms with Gasteiger partial charge >= 0.3 is 11.9 Å². The van der Waals surface area contributed by atoms with Crippen molar-refractivity contribution >= 4 is 33.8 Å². The molecule has 31 heavy (non-hydrogen) atoms. The van der Waals surface area contributed by atoms with Crippen molar-refractivity contribution in [3.63, 3.8) is 0 Å². The number of carbonyl (C=O) groups is 3. The van der Waals surface area contributed by atoms with Gasteiger partial charge in [0.15, 0.2) is 0 Å². The second-order valence-electron chi connectivity index (χ2n) is 8.17. The Bertz CT molecular complexity index is 1030. The van der Waals surface area contributed by atoms with Crippen LogP contribution in [-0.2, 0) is 29.0 Å². The molecule has 0 fully saturated rings.